The van der Waals surface area contributed by atoms with Gasteiger partial charge in [0.05, 0.1) is 39.0 Å². The number of ether oxygens (including phenoxy) is 1. The maximum atomic E-state index is 12.4. The first-order valence-corrected chi connectivity index (χ1v) is 11.7. The summed E-state index contributed by atoms with van der Waals surface area (Å²) in [6, 6.07) is 9.13. The van der Waals surface area contributed by atoms with Crippen LogP contribution in [0.15, 0.2) is 40.9 Å². The summed E-state index contributed by atoms with van der Waals surface area (Å²) in [7, 11) is 0. The van der Waals surface area contributed by atoms with Gasteiger partial charge in [-0.05, 0) is 36.4 Å². The minimum Gasteiger partial charge on any atom is -0.376 e. The van der Waals surface area contributed by atoms with E-state index in [0.717, 1.165) is 30.2 Å². The number of thiophene rings is 1. The lowest BCUT2D eigenvalue weighted by Crippen LogP contribution is -2.18. The molecule has 1 saturated heterocycles. The van der Waals surface area contributed by atoms with Gasteiger partial charge in [0.2, 0.25) is 5.91 Å². The average Bonchev–Trinajstić information content (AvgIpc) is 3.46. The van der Waals surface area contributed by atoms with E-state index in [4.69, 9.17) is 27.9 Å². The lowest BCUT2D eigenvalue weighted by atomic mass is 10.2. The van der Waals surface area contributed by atoms with Crippen LogP contribution < -0.4 is 5.32 Å². The SMILES string of the molecule is O=C(CSc1nnc(-c2cccs2)n1CC1CCCO1)Nc1cccc(Cl)c1Cl. The zero-order chi connectivity index (χ0) is 20.2. The van der Waals surface area contributed by atoms with Crippen LogP contribution in [0.1, 0.15) is 12.8 Å². The monoisotopic (exact) mass is 468 g/mol. The number of halogens is 2. The fraction of sp³-hybridized carbons (Fsp3) is 0.316. The molecule has 1 amide bonds. The van der Waals surface area contributed by atoms with Gasteiger partial charge in [0.25, 0.3) is 0 Å². The third kappa shape index (κ3) is 4.95. The number of hydrogen-bond acceptors (Lipinski definition) is 6. The van der Waals surface area contributed by atoms with Gasteiger partial charge >= 0.3 is 0 Å². The van der Waals surface area contributed by atoms with E-state index in [-0.39, 0.29) is 17.8 Å². The fourth-order valence-electron chi connectivity index (χ4n) is 3.06. The Morgan fingerprint density at radius 3 is 2.97 bits per heavy atom. The molecular formula is C19H18Cl2N4O2S2. The predicted octanol–water partition coefficient (Wildman–Crippen LogP) is 5.22. The number of nitrogens with one attached hydrogen (secondary N) is 1. The van der Waals surface area contributed by atoms with Crippen molar-refractivity contribution >= 4 is 57.9 Å². The molecule has 1 unspecified atom stereocenters. The van der Waals surface area contributed by atoms with Crippen LogP contribution >= 0.6 is 46.3 Å². The van der Waals surface area contributed by atoms with E-state index in [1.54, 1.807) is 29.5 Å². The van der Waals surface area contributed by atoms with Gasteiger partial charge in [-0.15, -0.1) is 21.5 Å². The first-order chi connectivity index (χ1) is 14.1. The van der Waals surface area contributed by atoms with E-state index >= 15 is 0 Å². The molecule has 10 heteroatoms. The molecule has 1 N–H and O–H groups in total. The summed E-state index contributed by atoms with van der Waals surface area (Å²) in [4.78, 5) is 13.5. The molecule has 1 aliphatic heterocycles. The highest BCUT2D eigenvalue weighted by Gasteiger charge is 2.22. The maximum Gasteiger partial charge on any atom is 0.234 e. The van der Waals surface area contributed by atoms with Gasteiger partial charge in [-0.1, -0.05) is 47.1 Å². The minimum atomic E-state index is -0.191. The van der Waals surface area contributed by atoms with Gasteiger partial charge in [-0.3, -0.25) is 9.36 Å². The van der Waals surface area contributed by atoms with Gasteiger partial charge in [0, 0.05) is 6.61 Å². The molecule has 152 valence electrons. The first kappa shape index (κ1) is 20.7. The van der Waals surface area contributed by atoms with Crippen LogP contribution in [-0.2, 0) is 16.1 Å². The topological polar surface area (TPSA) is 69.0 Å². The second kappa shape index (κ2) is 9.49. The van der Waals surface area contributed by atoms with E-state index < -0.39 is 0 Å². The van der Waals surface area contributed by atoms with E-state index in [1.165, 1.54) is 11.8 Å². The van der Waals surface area contributed by atoms with Crippen molar-refractivity contribution in [2.24, 2.45) is 0 Å². The van der Waals surface area contributed by atoms with Gasteiger partial charge in [0.15, 0.2) is 11.0 Å². The molecule has 0 saturated carbocycles. The Balaban J connectivity index is 1.47. The highest BCUT2D eigenvalue weighted by molar-refractivity contribution is 7.99. The third-order valence-corrected chi connectivity index (χ3v) is 7.08. The van der Waals surface area contributed by atoms with Crippen molar-refractivity contribution < 1.29 is 9.53 Å². The zero-order valence-corrected chi connectivity index (χ0v) is 18.5. The molecule has 3 aromatic rings. The average molecular weight is 469 g/mol. The summed E-state index contributed by atoms with van der Waals surface area (Å²) in [6.07, 6.45) is 2.22. The summed E-state index contributed by atoms with van der Waals surface area (Å²) in [5, 5.41) is 14.9. The number of carbonyl (C=O) groups excluding carboxylic acids is 1. The minimum absolute atomic E-state index is 0.142. The van der Waals surface area contributed by atoms with E-state index in [2.05, 4.69) is 15.5 Å². The Hall–Kier alpha value is -1.58. The lowest BCUT2D eigenvalue weighted by Gasteiger charge is -2.14. The van der Waals surface area contributed by atoms with Crippen molar-refractivity contribution in [2.75, 3.05) is 17.7 Å². The number of thioether (sulfide) groups is 1. The van der Waals surface area contributed by atoms with E-state index in [9.17, 15) is 4.79 Å². The van der Waals surface area contributed by atoms with Crippen LogP contribution in [0, 0.1) is 0 Å². The van der Waals surface area contributed by atoms with Crippen LogP contribution in [0.5, 0.6) is 0 Å². The number of carbonyl (C=O) groups is 1. The van der Waals surface area contributed by atoms with Crippen molar-refractivity contribution in [1.82, 2.24) is 14.8 Å². The Morgan fingerprint density at radius 1 is 1.31 bits per heavy atom. The van der Waals surface area contributed by atoms with Crippen molar-refractivity contribution in [3.63, 3.8) is 0 Å². The van der Waals surface area contributed by atoms with Gasteiger partial charge < -0.3 is 10.1 Å². The third-order valence-electron chi connectivity index (χ3n) is 4.43. The smallest absolute Gasteiger partial charge is 0.234 e. The fourth-order valence-corrected chi connectivity index (χ4v) is 4.87. The molecule has 6 nitrogen and oxygen atoms in total. The number of hydrogen-bond donors (Lipinski definition) is 1. The molecule has 1 atom stereocenters. The van der Waals surface area contributed by atoms with Crippen LogP contribution in [0.25, 0.3) is 10.7 Å². The van der Waals surface area contributed by atoms with Crippen molar-refractivity contribution in [2.45, 2.75) is 30.6 Å². The number of anilines is 1. The number of aromatic nitrogens is 3. The highest BCUT2D eigenvalue weighted by Crippen LogP contribution is 2.31. The van der Waals surface area contributed by atoms with Crippen LogP contribution in [-0.4, -0.2) is 39.1 Å². The second-order valence-electron chi connectivity index (χ2n) is 6.47. The van der Waals surface area contributed by atoms with Crippen LogP contribution in [0.3, 0.4) is 0 Å². The van der Waals surface area contributed by atoms with Gasteiger partial charge in [-0.25, -0.2) is 0 Å². The molecule has 29 heavy (non-hydrogen) atoms. The van der Waals surface area contributed by atoms with E-state index in [1.807, 2.05) is 22.1 Å². The second-order valence-corrected chi connectivity index (χ2v) is 9.14. The first-order valence-electron chi connectivity index (χ1n) is 9.07. The Kier molecular flexibility index (Phi) is 6.77. The van der Waals surface area contributed by atoms with Crippen LogP contribution in [0.4, 0.5) is 5.69 Å². The predicted molar refractivity (Wildman–Crippen MR) is 118 cm³/mol. The highest BCUT2D eigenvalue weighted by atomic mass is 35.5. The summed E-state index contributed by atoms with van der Waals surface area (Å²) in [5.74, 6) is 0.788. The standard InChI is InChI=1S/C19H18Cl2N4O2S2/c20-13-5-1-6-14(17(13)21)22-16(26)11-29-19-24-23-18(15-7-3-9-28-15)25(19)10-12-4-2-8-27-12/h1,3,5-7,9,12H,2,4,8,10-11H2,(H,22,26). The summed E-state index contributed by atoms with van der Waals surface area (Å²) in [6.45, 7) is 1.46. The molecule has 0 bridgehead atoms. The molecule has 1 aliphatic rings. The summed E-state index contributed by atoms with van der Waals surface area (Å²) >= 11 is 15.1. The number of amides is 1. The van der Waals surface area contributed by atoms with Crippen LogP contribution in [0.2, 0.25) is 10.0 Å². The molecule has 0 spiro atoms. The molecule has 3 heterocycles. The van der Waals surface area contributed by atoms with Crippen molar-refractivity contribution in [1.29, 1.82) is 0 Å². The Bertz CT molecular complexity index is 988. The van der Waals surface area contributed by atoms with Gasteiger partial charge in [-0.2, -0.15) is 0 Å². The molecule has 2 aromatic heterocycles. The molecule has 1 fully saturated rings. The lowest BCUT2D eigenvalue weighted by molar-refractivity contribution is -0.113. The van der Waals surface area contributed by atoms with Crippen molar-refractivity contribution in [3.05, 3.63) is 45.8 Å². The maximum absolute atomic E-state index is 12.4. The Morgan fingerprint density at radius 2 is 2.21 bits per heavy atom. The number of benzene rings is 1. The molecule has 1 aromatic carbocycles. The molecular weight excluding hydrogens is 451 g/mol. The number of rotatable bonds is 7. The normalized spacial score (nSPS) is 16.3. The zero-order valence-electron chi connectivity index (χ0n) is 15.3. The summed E-state index contributed by atoms with van der Waals surface area (Å²) in [5.41, 5.74) is 0.491. The van der Waals surface area contributed by atoms with E-state index in [0.29, 0.717) is 27.4 Å². The molecule has 4 rings (SSSR count). The largest absolute Gasteiger partial charge is 0.376 e. The van der Waals surface area contributed by atoms with Crippen molar-refractivity contribution in [3.8, 4) is 10.7 Å². The quantitative estimate of drug-likeness (QED) is 0.481. The molecule has 0 radical (unpaired) electrons. The number of nitrogens with zero attached hydrogens (tertiary/aromatic N) is 3. The summed E-state index contributed by atoms with van der Waals surface area (Å²) < 4.78 is 7.84. The Labute approximate surface area is 186 Å². The van der Waals surface area contributed by atoms with Gasteiger partial charge in [0.1, 0.15) is 0 Å². The molecule has 0 aliphatic carbocycles.